The van der Waals surface area contributed by atoms with Gasteiger partial charge in [-0.15, -0.1) is 0 Å². The van der Waals surface area contributed by atoms with Crippen LogP contribution < -0.4 is 0 Å². The Morgan fingerprint density at radius 1 is 1.10 bits per heavy atom. The molecule has 5 nitrogen and oxygen atoms in total. The number of aliphatic hydroxyl groups is 2. The van der Waals surface area contributed by atoms with Crippen molar-refractivity contribution in [3.63, 3.8) is 0 Å². The number of fused-ring (bicyclic) bond motifs is 2. The molecule has 2 N–H and O–H groups in total. The van der Waals surface area contributed by atoms with E-state index in [2.05, 4.69) is 0 Å². The van der Waals surface area contributed by atoms with Gasteiger partial charge >= 0.3 is 0 Å². The highest BCUT2D eigenvalue weighted by molar-refractivity contribution is 5.86. The molecule has 0 aromatic rings. The van der Waals surface area contributed by atoms with Crippen molar-refractivity contribution >= 4 is 5.78 Å². The van der Waals surface area contributed by atoms with Gasteiger partial charge in [0.1, 0.15) is 11.9 Å². The molecular weight excluding hydrogens is 260 g/mol. The third-order valence-corrected chi connectivity index (χ3v) is 5.17. The SMILES string of the molecule is CO.COC1(OC)C(O)C[C@H]2C[C@H]21.O=C1CC[C@H]2C[C@@H]12. The number of hydrogen-bond acceptors (Lipinski definition) is 5. The lowest BCUT2D eigenvalue weighted by molar-refractivity contribution is -0.259. The fraction of sp³-hybridized carbons (Fsp3) is 0.933. The van der Waals surface area contributed by atoms with Crippen LogP contribution in [-0.4, -0.2) is 49.2 Å². The highest BCUT2D eigenvalue weighted by Crippen LogP contribution is 2.59. The first-order valence-corrected chi connectivity index (χ1v) is 7.38. The number of ketones is 1. The number of carbonyl (C=O) groups is 1. The molecule has 0 amide bonds. The highest BCUT2D eigenvalue weighted by Gasteiger charge is 2.64. The lowest BCUT2D eigenvalue weighted by atomic mass is 10.1. The van der Waals surface area contributed by atoms with Gasteiger partial charge < -0.3 is 19.7 Å². The molecule has 0 radical (unpaired) electrons. The smallest absolute Gasteiger partial charge is 0.197 e. The molecule has 0 bridgehead atoms. The van der Waals surface area contributed by atoms with Gasteiger partial charge in [-0.05, 0) is 37.5 Å². The maximum absolute atomic E-state index is 10.6. The Morgan fingerprint density at radius 3 is 1.95 bits per heavy atom. The van der Waals surface area contributed by atoms with Crippen LogP contribution in [-0.2, 0) is 14.3 Å². The molecule has 0 aromatic heterocycles. The predicted octanol–water partition coefficient (Wildman–Crippen LogP) is 0.970. The third-order valence-electron chi connectivity index (χ3n) is 5.17. The Bertz CT molecular complexity index is 348. The van der Waals surface area contributed by atoms with Gasteiger partial charge in [-0.1, -0.05) is 0 Å². The first-order chi connectivity index (χ1) is 9.62. The second-order valence-corrected chi connectivity index (χ2v) is 6.09. The van der Waals surface area contributed by atoms with E-state index in [1.807, 2.05) is 0 Å². The Kier molecular flexibility index (Phi) is 4.84. The minimum Gasteiger partial charge on any atom is -0.400 e. The maximum Gasteiger partial charge on any atom is 0.197 e. The summed E-state index contributed by atoms with van der Waals surface area (Å²) < 4.78 is 10.5. The third kappa shape index (κ3) is 2.64. The van der Waals surface area contributed by atoms with Gasteiger partial charge in [-0.2, -0.15) is 0 Å². The van der Waals surface area contributed by atoms with Crippen LogP contribution in [0.2, 0.25) is 0 Å². The Morgan fingerprint density at radius 2 is 1.75 bits per heavy atom. The number of hydrogen-bond donors (Lipinski definition) is 2. The highest BCUT2D eigenvalue weighted by atomic mass is 16.7. The summed E-state index contributed by atoms with van der Waals surface area (Å²) in [5.41, 5.74) is 0. The van der Waals surface area contributed by atoms with Crippen molar-refractivity contribution in [2.24, 2.45) is 23.7 Å². The zero-order valence-corrected chi connectivity index (χ0v) is 12.5. The summed E-state index contributed by atoms with van der Waals surface area (Å²) >= 11 is 0. The normalized spacial score (nSPS) is 41.6. The fourth-order valence-electron chi connectivity index (χ4n) is 3.83. The summed E-state index contributed by atoms with van der Waals surface area (Å²) in [5, 5.41) is 16.6. The minimum absolute atomic E-state index is 0.429. The van der Waals surface area contributed by atoms with E-state index in [1.165, 1.54) is 12.8 Å². The summed E-state index contributed by atoms with van der Waals surface area (Å²) in [6.07, 6.45) is 4.86. The molecule has 0 spiro atoms. The van der Waals surface area contributed by atoms with Crippen LogP contribution in [0.1, 0.15) is 32.1 Å². The van der Waals surface area contributed by atoms with Crippen LogP contribution in [0.5, 0.6) is 0 Å². The largest absolute Gasteiger partial charge is 0.400 e. The molecule has 116 valence electrons. The summed E-state index contributed by atoms with van der Waals surface area (Å²) in [6.45, 7) is 0. The van der Waals surface area contributed by atoms with E-state index in [1.54, 1.807) is 14.2 Å². The van der Waals surface area contributed by atoms with Crippen LogP contribution in [0.15, 0.2) is 0 Å². The molecule has 5 atom stereocenters. The molecule has 1 unspecified atom stereocenters. The summed E-state index contributed by atoms with van der Waals surface area (Å²) in [7, 11) is 4.21. The van der Waals surface area contributed by atoms with Crippen molar-refractivity contribution in [1.82, 2.24) is 0 Å². The molecule has 4 saturated carbocycles. The zero-order valence-electron chi connectivity index (χ0n) is 12.5. The van der Waals surface area contributed by atoms with Crippen LogP contribution in [0.25, 0.3) is 0 Å². The predicted molar refractivity (Wildman–Crippen MR) is 73.0 cm³/mol. The van der Waals surface area contributed by atoms with E-state index in [-0.39, 0.29) is 0 Å². The average molecular weight is 286 g/mol. The number of aliphatic hydroxyl groups excluding tert-OH is 2. The van der Waals surface area contributed by atoms with E-state index < -0.39 is 11.9 Å². The van der Waals surface area contributed by atoms with Gasteiger partial charge in [0.2, 0.25) is 0 Å². The quantitative estimate of drug-likeness (QED) is 0.740. The molecule has 0 heterocycles. The lowest BCUT2D eigenvalue weighted by Crippen LogP contribution is -2.44. The number of Topliss-reactive ketones (excluding diaryl/α,β-unsaturated/α-hetero) is 1. The zero-order chi connectivity index (χ0) is 14.9. The Labute approximate surface area is 120 Å². The summed E-state index contributed by atoms with van der Waals surface area (Å²) in [6, 6.07) is 0. The summed E-state index contributed by atoms with van der Waals surface area (Å²) in [4.78, 5) is 10.6. The molecule has 4 rings (SSSR count). The first-order valence-electron chi connectivity index (χ1n) is 7.38. The van der Waals surface area contributed by atoms with Crippen molar-refractivity contribution in [3.8, 4) is 0 Å². The van der Waals surface area contributed by atoms with Crippen molar-refractivity contribution in [2.45, 2.75) is 44.0 Å². The number of methoxy groups -OCH3 is 2. The Hall–Kier alpha value is -0.490. The molecule has 5 heteroatoms. The van der Waals surface area contributed by atoms with E-state index in [4.69, 9.17) is 14.6 Å². The van der Waals surface area contributed by atoms with Crippen molar-refractivity contribution in [1.29, 1.82) is 0 Å². The molecule has 4 aliphatic rings. The maximum atomic E-state index is 10.6. The first kappa shape index (κ1) is 15.9. The van der Waals surface area contributed by atoms with Gasteiger partial charge in [0.05, 0.1) is 0 Å². The molecule has 0 aromatic carbocycles. The molecule has 4 aliphatic carbocycles. The van der Waals surface area contributed by atoms with Crippen molar-refractivity contribution < 1.29 is 24.5 Å². The Balaban J connectivity index is 0.000000140. The van der Waals surface area contributed by atoms with Crippen LogP contribution in [0, 0.1) is 23.7 Å². The van der Waals surface area contributed by atoms with E-state index in [0.29, 0.717) is 23.5 Å². The van der Waals surface area contributed by atoms with Gasteiger partial charge in [0.15, 0.2) is 5.79 Å². The van der Waals surface area contributed by atoms with E-state index in [0.717, 1.165) is 32.3 Å². The molecule has 4 fully saturated rings. The number of rotatable bonds is 2. The van der Waals surface area contributed by atoms with Crippen LogP contribution in [0.3, 0.4) is 0 Å². The minimum atomic E-state index is -0.676. The van der Waals surface area contributed by atoms with Crippen molar-refractivity contribution in [2.75, 3.05) is 21.3 Å². The van der Waals surface area contributed by atoms with Gasteiger partial charge in [0, 0.05) is 39.6 Å². The lowest BCUT2D eigenvalue weighted by Gasteiger charge is -2.31. The molecular formula is C15H26O5. The summed E-state index contributed by atoms with van der Waals surface area (Å²) in [5.74, 6) is 2.32. The average Bonchev–Trinajstić information content (AvgIpc) is 3.37. The number of ether oxygens (including phenoxy) is 2. The van der Waals surface area contributed by atoms with Gasteiger partial charge in [0.25, 0.3) is 0 Å². The van der Waals surface area contributed by atoms with E-state index in [9.17, 15) is 9.90 Å². The standard InChI is InChI=1S/C8H14O3.C6H8O.CH4O/c1-10-8(11-2)6-3-5(6)4-7(8)9;7-6-2-1-4-3-5(4)6;1-2/h5-7,9H,3-4H2,1-2H3;4-5H,1-3H2;2H,1H3/t5-,6-,7?;4-,5+;/m10./s1. The molecule has 0 saturated heterocycles. The van der Waals surface area contributed by atoms with Gasteiger partial charge in [-0.25, -0.2) is 0 Å². The number of carbonyl (C=O) groups excluding carboxylic acids is 1. The second-order valence-electron chi connectivity index (χ2n) is 6.09. The second kappa shape index (κ2) is 6.10. The van der Waals surface area contributed by atoms with Crippen molar-refractivity contribution in [3.05, 3.63) is 0 Å². The molecule has 20 heavy (non-hydrogen) atoms. The monoisotopic (exact) mass is 286 g/mol. The van der Waals surface area contributed by atoms with Crippen LogP contribution in [0.4, 0.5) is 0 Å². The molecule has 0 aliphatic heterocycles. The van der Waals surface area contributed by atoms with Crippen LogP contribution >= 0.6 is 0 Å². The van der Waals surface area contributed by atoms with E-state index >= 15 is 0 Å². The fourth-order valence-corrected chi connectivity index (χ4v) is 3.83. The topological polar surface area (TPSA) is 76.0 Å². The van der Waals surface area contributed by atoms with Gasteiger partial charge in [-0.3, -0.25) is 4.79 Å².